The molecular formula is C14H15FN2O2. The quantitative estimate of drug-likeness (QED) is 0.865. The summed E-state index contributed by atoms with van der Waals surface area (Å²) in [4.78, 5) is 16.8. The monoisotopic (exact) mass is 262 g/mol. The van der Waals surface area contributed by atoms with E-state index in [0.717, 1.165) is 10.9 Å². The minimum absolute atomic E-state index is 0.0623. The predicted molar refractivity (Wildman–Crippen MR) is 69.7 cm³/mol. The van der Waals surface area contributed by atoms with Crippen LogP contribution in [0, 0.1) is 0 Å². The van der Waals surface area contributed by atoms with Gasteiger partial charge in [0.2, 0.25) is 0 Å². The number of amides is 1. The Morgan fingerprint density at radius 2 is 2.32 bits per heavy atom. The summed E-state index contributed by atoms with van der Waals surface area (Å²) in [5.74, 6) is -0.226. The molecule has 0 unspecified atom stereocenters. The summed E-state index contributed by atoms with van der Waals surface area (Å²) in [6, 6.07) is 6.86. The number of halogens is 1. The van der Waals surface area contributed by atoms with Gasteiger partial charge in [-0.15, -0.1) is 0 Å². The summed E-state index contributed by atoms with van der Waals surface area (Å²) in [6.45, 7) is -0.135. The zero-order chi connectivity index (χ0) is 13.4. The van der Waals surface area contributed by atoms with E-state index in [1.54, 1.807) is 12.1 Å². The molecule has 19 heavy (non-hydrogen) atoms. The maximum atomic E-state index is 13.4. The summed E-state index contributed by atoms with van der Waals surface area (Å²) in [5, 5.41) is 10.2. The van der Waals surface area contributed by atoms with Crippen molar-refractivity contribution in [3.05, 3.63) is 36.0 Å². The molecule has 1 aliphatic rings. The van der Waals surface area contributed by atoms with Crippen molar-refractivity contribution in [2.24, 2.45) is 0 Å². The number of alkyl halides is 1. The smallest absolute Gasteiger partial charge is 0.254 e. The van der Waals surface area contributed by atoms with Gasteiger partial charge in [-0.3, -0.25) is 4.79 Å². The average molecular weight is 262 g/mol. The molecule has 1 aromatic carbocycles. The first-order valence-corrected chi connectivity index (χ1v) is 6.32. The van der Waals surface area contributed by atoms with E-state index < -0.39 is 12.2 Å². The molecule has 1 fully saturated rings. The molecule has 2 aromatic rings. The summed E-state index contributed by atoms with van der Waals surface area (Å²) >= 11 is 0. The predicted octanol–water partition coefficient (Wildman–Crippen LogP) is 1.71. The molecule has 0 aliphatic carbocycles. The van der Waals surface area contributed by atoms with Crippen molar-refractivity contribution in [2.45, 2.75) is 18.6 Å². The highest BCUT2D eigenvalue weighted by atomic mass is 19.1. The molecule has 2 heterocycles. The van der Waals surface area contributed by atoms with Gasteiger partial charge in [0.05, 0.1) is 19.2 Å². The molecule has 1 aliphatic heterocycles. The van der Waals surface area contributed by atoms with E-state index in [4.69, 9.17) is 0 Å². The van der Waals surface area contributed by atoms with E-state index in [1.165, 1.54) is 4.90 Å². The fraction of sp³-hybridized carbons (Fsp3) is 0.357. The minimum atomic E-state index is -1.05. The third kappa shape index (κ3) is 2.10. The molecular weight excluding hydrogens is 247 g/mol. The van der Waals surface area contributed by atoms with E-state index >= 15 is 0 Å². The fourth-order valence-corrected chi connectivity index (χ4v) is 2.63. The normalized spacial score (nSPS) is 23.2. The number of H-pyrrole nitrogens is 1. The van der Waals surface area contributed by atoms with E-state index in [-0.39, 0.29) is 25.5 Å². The Kier molecular flexibility index (Phi) is 2.98. The van der Waals surface area contributed by atoms with Crippen LogP contribution in [0.2, 0.25) is 0 Å². The summed E-state index contributed by atoms with van der Waals surface area (Å²) in [6.07, 6.45) is 0.978. The summed E-state index contributed by atoms with van der Waals surface area (Å²) < 4.78 is 13.4. The number of benzene rings is 1. The number of carbonyl (C=O) groups is 1. The third-order valence-corrected chi connectivity index (χ3v) is 3.64. The maximum absolute atomic E-state index is 13.4. The van der Waals surface area contributed by atoms with Crippen LogP contribution in [-0.2, 0) is 0 Å². The minimum Gasteiger partial charge on any atom is -0.394 e. The first-order chi connectivity index (χ1) is 9.19. The molecule has 1 amide bonds. The van der Waals surface area contributed by atoms with Gasteiger partial charge in [-0.05, 0) is 23.6 Å². The number of aliphatic hydroxyl groups excluding tert-OH is 1. The molecule has 1 aromatic heterocycles. The van der Waals surface area contributed by atoms with Gasteiger partial charge in [-0.1, -0.05) is 6.07 Å². The van der Waals surface area contributed by atoms with Gasteiger partial charge in [0.25, 0.3) is 5.91 Å². The molecule has 100 valence electrons. The zero-order valence-electron chi connectivity index (χ0n) is 10.3. The summed E-state index contributed by atoms with van der Waals surface area (Å²) in [5.41, 5.74) is 1.39. The number of rotatable bonds is 2. The number of aromatic nitrogens is 1. The Bertz CT molecular complexity index is 610. The standard InChI is InChI=1S/C14H15FN2O2/c15-11-6-12(8-18)17(7-11)14(19)10-2-1-9-3-4-16-13(9)5-10/h1-5,11-12,16,18H,6-8H2/t11-,12-/m0/s1. The van der Waals surface area contributed by atoms with Gasteiger partial charge in [0.15, 0.2) is 0 Å². The number of hydrogen-bond donors (Lipinski definition) is 2. The van der Waals surface area contributed by atoms with Crippen molar-refractivity contribution in [1.29, 1.82) is 0 Å². The number of hydrogen-bond acceptors (Lipinski definition) is 2. The van der Waals surface area contributed by atoms with Crippen LogP contribution in [0.1, 0.15) is 16.8 Å². The SMILES string of the molecule is O=C(c1ccc2cc[nH]c2c1)N1C[C@@H](F)C[C@H]1CO. The van der Waals surface area contributed by atoms with Crippen molar-refractivity contribution < 1.29 is 14.3 Å². The van der Waals surface area contributed by atoms with E-state index in [2.05, 4.69) is 4.98 Å². The Hall–Kier alpha value is -1.88. The van der Waals surface area contributed by atoms with Gasteiger partial charge in [-0.2, -0.15) is 0 Å². The zero-order valence-corrected chi connectivity index (χ0v) is 10.3. The topological polar surface area (TPSA) is 56.3 Å². The van der Waals surface area contributed by atoms with Crippen LogP contribution < -0.4 is 0 Å². The number of nitrogens with zero attached hydrogens (tertiary/aromatic N) is 1. The van der Waals surface area contributed by atoms with Crippen molar-refractivity contribution >= 4 is 16.8 Å². The fourth-order valence-electron chi connectivity index (χ4n) is 2.63. The molecule has 0 radical (unpaired) electrons. The Morgan fingerprint density at radius 3 is 3.11 bits per heavy atom. The molecule has 0 saturated carbocycles. The lowest BCUT2D eigenvalue weighted by Gasteiger charge is -2.22. The molecule has 2 atom stereocenters. The Morgan fingerprint density at radius 1 is 1.47 bits per heavy atom. The van der Waals surface area contributed by atoms with E-state index in [0.29, 0.717) is 5.56 Å². The largest absolute Gasteiger partial charge is 0.394 e. The van der Waals surface area contributed by atoms with Gasteiger partial charge in [-0.25, -0.2) is 4.39 Å². The maximum Gasteiger partial charge on any atom is 0.254 e. The van der Waals surface area contributed by atoms with Gasteiger partial charge < -0.3 is 15.0 Å². The second-order valence-electron chi connectivity index (χ2n) is 4.91. The third-order valence-electron chi connectivity index (χ3n) is 3.64. The van der Waals surface area contributed by atoms with Crippen molar-refractivity contribution in [2.75, 3.05) is 13.2 Å². The Balaban J connectivity index is 1.90. The van der Waals surface area contributed by atoms with E-state index in [1.807, 2.05) is 18.3 Å². The molecule has 5 heteroatoms. The van der Waals surface area contributed by atoms with Gasteiger partial charge >= 0.3 is 0 Å². The van der Waals surface area contributed by atoms with Crippen LogP contribution in [0.4, 0.5) is 4.39 Å². The van der Waals surface area contributed by atoms with Crippen LogP contribution in [0.15, 0.2) is 30.5 Å². The van der Waals surface area contributed by atoms with Crippen molar-refractivity contribution in [1.82, 2.24) is 9.88 Å². The lowest BCUT2D eigenvalue weighted by molar-refractivity contribution is 0.0673. The number of aromatic amines is 1. The van der Waals surface area contributed by atoms with Crippen LogP contribution in [0.25, 0.3) is 10.9 Å². The highest BCUT2D eigenvalue weighted by Crippen LogP contribution is 2.23. The highest BCUT2D eigenvalue weighted by Gasteiger charge is 2.35. The average Bonchev–Trinajstić information content (AvgIpc) is 3.02. The lowest BCUT2D eigenvalue weighted by atomic mass is 10.1. The first-order valence-electron chi connectivity index (χ1n) is 6.32. The highest BCUT2D eigenvalue weighted by molar-refractivity contribution is 5.98. The van der Waals surface area contributed by atoms with Gasteiger partial charge in [0, 0.05) is 23.7 Å². The number of carbonyl (C=O) groups excluding carboxylic acids is 1. The molecule has 3 rings (SSSR count). The molecule has 0 bridgehead atoms. The second kappa shape index (κ2) is 4.66. The number of aliphatic hydroxyl groups is 1. The van der Waals surface area contributed by atoms with Crippen LogP contribution >= 0.6 is 0 Å². The molecule has 1 saturated heterocycles. The Labute approximate surface area is 109 Å². The molecule has 0 spiro atoms. The van der Waals surface area contributed by atoms with Crippen LogP contribution in [0.3, 0.4) is 0 Å². The lowest BCUT2D eigenvalue weighted by Crippen LogP contribution is -2.37. The van der Waals surface area contributed by atoms with Crippen LogP contribution in [0.5, 0.6) is 0 Å². The van der Waals surface area contributed by atoms with Gasteiger partial charge in [0.1, 0.15) is 6.17 Å². The van der Waals surface area contributed by atoms with Crippen molar-refractivity contribution in [3.63, 3.8) is 0 Å². The number of likely N-dealkylation sites (tertiary alicyclic amines) is 1. The number of fused-ring (bicyclic) bond motifs is 1. The molecule has 2 N–H and O–H groups in total. The van der Waals surface area contributed by atoms with Crippen molar-refractivity contribution in [3.8, 4) is 0 Å². The van der Waals surface area contributed by atoms with E-state index in [9.17, 15) is 14.3 Å². The van der Waals surface area contributed by atoms with Crippen LogP contribution in [-0.4, -0.2) is 46.3 Å². The molecule has 4 nitrogen and oxygen atoms in total. The second-order valence-corrected chi connectivity index (χ2v) is 4.91. The number of nitrogens with one attached hydrogen (secondary N) is 1. The summed E-state index contributed by atoms with van der Waals surface area (Å²) in [7, 11) is 0. The first kappa shape index (κ1) is 12.2.